The maximum atomic E-state index is 14.8. The molecule has 2 aromatic carbocycles. The summed E-state index contributed by atoms with van der Waals surface area (Å²) in [5, 5.41) is 0. The molecule has 0 heterocycles. The fraction of sp³-hybridized carbons (Fsp3) is 0.400. The summed E-state index contributed by atoms with van der Waals surface area (Å²) in [6.45, 7) is 2.11. The smallest absolute Gasteiger partial charge is 0.201 e. The van der Waals surface area contributed by atoms with Crippen LogP contribution >= 0.6 is 0 Å². The van der Waals surface area contributed by atoms with E-state index in [2.05, 4.69) is 0 Å². The predicted octanol–water partition coefficient (Wildman–Crippen LogP) is 6.08. The molecule has 0 spiro atoms. The quantitative estimate of drug-likeness (QED) is 0.664. The van der Waals surface area contributed by atoms with Crippen LogP contribution in [0.1, 0.15) is 50.5 Å². The van der Waals surface area contributed by atoms with Gasteiger partial charge >= 0.3 is 0 Å². The Morgan fingerprint density at radius 2 is 1.70 bits per heavy atom. The van der Waals surface area contributed by atoms with Gasteiger partial charge in [0.15, 0.2) is 11.6 Å². The number of ether oxygens (including phenoxy) is 1. The highest BCUT2D eigenvalue weighted by Gasteiger charge is 2.26. The van der Waals surface area contributed by atoms with Gasteiger partial charge in [0, 0.05) is 5.56 Å². The van der Waals surface area contributed by atoms with Gasteiger partial charge in [0.1, 0.15) is 0 Å². The SMILES string of the molecule is CCOc1cc(C2CCCCC2)c(-c2ccccc2)c(F)c1F. The zero-order chi connectivity index (χ0) is 16.2. The van der Waals surface area contributed by atoms with Gasteiger partial charge in [0.25, 0.3) is 0 Å². The Kier molecular flexibility index (Phi) is 4.94. The van der Waals surface area contributed by atoms with Crippen molar-refractivity contribution in [3.05, 3.63) is 53.6 Å². The highest BCUT2D eigenvalue weighted by molar-refractivity contribution is 5.70. The minimum absolute atomic E-state index is 0.0326. The van der Waals surface area contributed by atoms with E-state index in [-0.39, 0.29) is 11.7 Å². The lowest BCUT2D eigenvalue weighted by atomic mass is 9.80. The maximum Gasteiger partial charge on any atom is 0.201 e. The molecule has 122 valence electrons. The van der Waals surface area contributed by atoms with Crippen LogP contribution in [0.2, 0.25) is 0 Å². The Morgan fingerprint density at radius 1 is 1.00 bits per heavy atom. The van der Waals surface area contributed by atoms with Gasteiger partial charge in [0.05, 0.1) is 6.61 Å². The highest BCUT2D eigenvalue weighted by atomic mass is 19.2. The van der Waals surface area contributed by atoms with Crippen molar-refractivity contribution in [3.8, 4) is 16.9 Å². The molecule has 0 atom stereocenters. The first-order valence-corrected chi connectivity index (χ1v) is 8.42. The Morgan fingerprint density at radius 3 is 2.35 bits per heavy atom. The van der Waals surface area contributed by atoms with Crippen molar-refractivity contribution in [1.29, 1.82) is 0 Å². The summed E-state index contributed by atoms with van der Waals surface area (Å²) in [6, 6.07) is 11.0. The average molecular weight is 316 g/mol. The van der Waals surface area contributed by atoms with Gasteiger partial charge in [0.2, 0.25) is 5.82 Å². The van der Waals surface area contributed by atoms with Crippen LogP contribution in [0.5, 0.6) is 5.75 Å². The summed E-state index contributed by atoms with van der Waals surface area (Å²) >= 11 is 0. The van der Waals surface area contributed by atoms with Gasteiger partial charge in [-0.1, -0.05) is 49.6 Å². The summed E-state index contributed by atoms with van der Waals surface area (Å²) in [4.78, 5) is 0. The van der Waals surface area contributed by atoms with E-state index in [1.165, 1.54) is 6.42 Å². The van der Waals surface area contributed by atoms with Crippen LogP contribution in [0.25, 0.3) is 11.1 Å². The van der Waals surface area contributed by atoms with E-state index in [9.17, 15) is 8.78 Å². The summed E-state index contributed by atoms with van der Waals surface area (Å²) in [7, 11) is 0. The lowest BCUT2D eigenvalue weighted by molar-refractivity contribution is 0.312. The van der Waals surface area contributed by atoms with E-state index in [4.69, 9.17) is 4.74 Å². The Bertz CT molecular complexity index is 661. The van der Waals surface area contributed by atoms with Crippen molar-refractivity contribution in [1.82, 2.24) is 0 Å². The molecule has 2 aromatic rings. The third-order valence-corrected chi connectivity index (χ3v) is 4.61. The first-order chi connectivity index (χ1) is 11.2. The summed E-state index contributed by atoms with van der Waals surface area (Å²) in [5.74, 6) is -1.37. The van der Waals surface area contributed by atoms with Crippen LogP contribution < -0.4 is 4.74 Å². The van der Waals surface area contributed by atoms with Crippen LogP contribution in [0.15, 0.2) is 36.4 Å². The Labute approximate surface area is 136 Å². The average Bonchev–Trinajstić information content (AvgIpc) is 2.60. The second kappa shape index (κ2) is 7.12. The molecule has 0 N–H and O–H groups in total. The normalized spacial score (nSPS) is 15.6. The van der Waals surface area contributed by atoms with Crippen molar-refractivity contribution in [2.75, 3.05) is 6.61 Å². The Balaban J connectivity index is 2.16. The molecular formula is C20H22F2O. The van der Waals surface area contributed by atoms with Crippen LogP contribution in [0.3, 0.4) is 0 Å². The molecule has 0 aliphatic heterocycles. The van der Waals surface area contributed by atoms with Crippen LogP contribution in [-0.2, 0) is 0 Å². The van der Waals surface area contributed by atoms with E-state index >= 15 is 0 Å². The fourth-order valence-corrected chi connectivity index (χ4v) is 3.52. The van der Waals surface area contributed by atoms with E-state index in [1.807, 2.05) is 30.3 Å². The van der Waals surface area contributed by atoms with Gasteiger partial charge in [-0.25, -0.2) is 4.39 Å². The molecule has 0 bridgehead atoms. The van der Waals surface area contributed by atoms with Crippen molar-refractivity contribution in [2.24, 2.45) is 0 Å². The van der Waals surface area contributed by atoms with Crippen molar-refractivity contribution >= 4 is 0 Å². The molecule has 1 fully saturated rings. The molecule has 1 aliphatic carbocycles. The first-order valence-electron chi connectivity index (χ1n) is 8.42. The number of rotatable bonds is 4. The summed E-state index contributed by atoms with van der Waals surface area (Å²) in [5.41, 5.74) is 2.02. The maximum absolute atomic E-state index is 14.8. The summed E-state index contributed by atoms with van der Waals surface area (Å²) in [6.07, 6.45) is 5.55. The van der Waals surface area contributed by atoms with Crippen LogP contribution in [-0.4, -0.2) is 6.61 Å². The van der Waals surface area contributed by atoms with Gasteiger partial charge in [-0.3, -0.25) is 0 Å². The lowest BCUT2D eigenvalue weighted by Crippen LogP contribution is -2.10. The third-order valence-electron chi connectivity index (χ3n) is 4.61. The molecule has 1 nitrogen and oxygen atoms in total. The number of benzene rings is 2. The zero-order valence-electron chi connectivity index (χ0n) is 13.4. The second-order valence-corrected chi connectivity index (χ2v) is 6.10. The number of hydrogen-bond donors (Lipinski definition) is 0. The van der Waals surface area contributed by atoms with Crippen LogP contribution in [0, 0.1) is 11.6 Å². The summed E-state index contributed by atoms with van der Waals surface area (Å²) < 4.78 is 34.5. The van der Waals surface area contributed by atoms with Gasteiger partial charge < -0.3 is 4.74 Å². The molecule has 0 radical (unpaired) electrons. The molecule has 0 unspecified atom stereocenters. The van der Waals surface area contributed by atoms with Crippen LogP contribution in [0.4, 0.5) is 8.78 Å². The molecule has 0 aromatic heterocycles. The minimum Gasteiger partial charge on any atom is -0.491 e. The van der Waals surface area contributed by atoms with Crippen molar-refractivity contribution in [2.45, 2.75) is 44.9 Å². The topological polar surface area (TPSA) is 9.23 Å². The van der Waals surface area contributed by atoms with Gasteiger partial charge in [-0.05, 0) is 42.9 Å². The number of halogens is 2. The van der Waals surface area contributed by atoms with Gasteiger partial charge in [-0.2, -0.15) is 4.39 Å². The van der Waals surface area contributed by atoms with E-state index in [0.717, 1.165) is 36.8 Å². The van der Waals surface area contributed by atoms with E-state index in [1.54, 1.807) is 13.0 Å². The standard InChI is InChI=1S/C20H22F2O/c1-2-23-17-13-16(14-9-5-3-6-10-14)18(20(22)19(17)21)15-11-7-4-8-12-15/h4,7-8,11-14H,2-3,5-6,9-10H2,1H3. The second-order valence-electron chi connectivity index (χ2n) is 6.10. The lowest BCUT2D eigenvalue weighted by Gasteiger charge is -2.26. The molecule has 3 heteroatoms. The van der Waals surface area contributed by atoms with Gasteiger partial charge in [-0.15, -0.1) is 0 Å². The molecule has 1 saturated carbocycles. The van der Waals surface area contributed by atoms with Crippen molar-refractivity contribution < 1.29 is 13.5 Å². The minimum atomic E-state index is -0.884. The fourth-order valence-electron chi connectivity index (χ4n) is 3.52. The first kappa shape index (κ1) is 16.0. The largest absolute Gasteiger partial charge is 0.491 e. The number of hydrogen-bond acceptors (Lipinski definition) is 1. The Hall–Kier alpha value is -1.90. The third kappa shape index (κ3) is 3.24. The molecule has 0 saturated heterocycles. The van der Waals surface area contributed by atoms with Crippen molar-refractivity contribution in [3.63, 3.8) is 0 Å². The highest BCUT2D eigenvalue weighted by Crippen LogP contribution is 2.42. The molecule has 0 amide bonds. The molecule has 1 aliphatic rings. The van der Waals surface area contributed by atoms with E-state index < -0.39 is 11.6 Å². The zero-order valence-corrected chi connectivity index (χ0v) is 13.4. The molecule has 3 rings (SSSR count). The predicted molar refractivity (Wildman–Crippen MR) is 88.8 cm³/mol. The molecular weight excluding hydrogens is 294 g/mol. The monoisotopic (exact) mass is 316 g/mol. The molecule has 23 heavy (non-hydrogen) atoms. The van der Waals surface area contributed by atoms with E-state index in [0.29, 0.717) is 12.2 Å².